The molecule has 36 heavy (non-hydrogen) atoms. The van der Waals surface area contributed by atoms with E-state index in [-0.39, 0.29) is 0 Å². The van der Waals surface area contributed by atoms with Crippen LogP contribution in [0.1, 0.15) is 61.1 Å². The molecule has 0 bridgehead atoms. The summed E-state index contributed by atoms with van der Waals surface area (Å²) in [7, 11) is 0. The van der Waals surface area contributed by atoms with Crippen molar-refractivity contribution < 1.29 is 0 Å². The summed E-state index contributed by atoms with van der Waals surface area (Å²) >= 11 is 0. The number of benzene rings is 5. The van der Waals surface area contributed by atoms with Gasteiger partial charge in [-0.1, -0.05) is 88.4 Å². The van der Waals surface area contributed by atoms with Crippen molar-refractivity contribution in [2.24, 2.45) is 0 Å². The van der Waals surface area contributed by atoms with Crippen LogP contribution in [0.15, 0.2) is 72.8 Å². The van der Waals surface area contributed by atoms with Crippen molar-refractivity contribution in [2.45, 2.75) is 67.2 Å². The highest BCUT2D eigenvalue weighted by Crippen LogP contribution is 2.45. The van der Waals surface area contributed by atoms with E-state index in [0.717, 1.165) is 25.7 Å². The Labute approximate surface area is 217 Å². The molecule has 0 saturated carbocycles. The molecular weight excluding hydrogens is 432 g/mol. The Kier molecular flexibility index (Phi) is 6.71. The molecular formula is C36H38. The van der Waals surface area contributed by atoms with E-state index in [1.165, 1.54) is 54.9 Å². The summed E-state index contributed by atoms with van der Waals surface area (Å²) in [6.07, 6.45) is 4.35. The van der Waals surface area contributed by atoms with Gasteiger partial charge < -0.3 is 0 Å². The number of rotatable bonds is 6. The molecule has 182 valence electrons. The minimum atomic E-state index is 1.07. The fourth-order valence-corrected chi connectivity index (χ4v) is 6.55. The summed E-state index contributed by atoms with van der Waals surface area (Å²) in [5.41, 5.74) is 14.3. The second-order valence-corrected chi connectivity index (χ2v) is 10.0. The minimum absolute atomic E-state index is 1.07. The van der Waals surface area contributed by atoms with Gasteiger partial charge in [-0.3, -0.25) is 0 Å². The van der Waals surface area contributed by atoms with Crippen LogP contribution in [0.5, 0.6) is 0 Å². The molecule has 0 spiro atoms. The van der Waals surface area contributed by atoms with Gasteiger partial charge in [0.15, 0.2) is 0 Å². The van der Waals surface area contributed by atoms with E-state index in [1.807, 2.05) is 0 Å². The van der Waals surface area contributed by atoms with E-state index in [1.54, 1.807) is 22.3 Å². The SMILES string of the molecule is CCc1c(CC)c(CC)c2cc3c(-c4ccccc4)c(-c4ccccc4)c(C)c(C)c3cc2c1CC. The van der Waals surface area contributed by atoms with E-state index in [2.05, 4.69) is 114 Å². The van der Waals surface area contributed by atoms with Gasteiger partial charge in [-0.25, -0.2) is 0 Å². The molecule has 0 aliphatic carbocycles. The molecule has 0 amide bonds. The first kappa shape index (κ1) is 24.3. The summed E-state index contributed by atoms with van der Waals surface area (Å²) in [4.78, 5) is 0. The first-order valence-electron chi connectivity index (χ1n) is 13.7. The molecule has 0 aliphatic rings. The number of hydrogen-bond donors (Lipinski definition) is 0. The molecule has 0 saturated heterocycles. The van der Waals surface area contributed by atoms with E-state index < -0.39 is 0 Å². The Hall–Kier alpha value is -3.38. The maximum Gasteiger partial charge on any atom is -0.00237 e. The van der Waals surface area contributed by atoms with Crippen LogP contribution in [0.2, 0.25) is 0 Å². The lowest BCUT2D eigenvalue weighted by Crippen LogP contribution is -2.05. The van der Waals surface area contributed by atoms with Gasteiger partial charge in [0, 0.05) is 0 Å². The first-order chi connectivity index (χ1) is 17.5. The highest BCUT2D eigenvalue weighted by molar-refractivity contribution is 6.13. The molecule has 0 unspecified atom stereocenters. The average Bonchev–Trinajstić information content (AvgIpc) is 2.93. The van der Waals surface area contributed by atoms with Crippen molar-refractivity contribution in [1.29, 1.82) is 0 Å². The van der Waals surface area contributed by atoms with E-state index in [0.29, 0.717) is 0 Å². The van der Waals surface area contributed by atoms with Crippen LogP contribution in [-0.4, -0.2) is 0 Å². The average molecular weight is 471 g/mol. The van der Waals surface area contributed by atoms with Crippen LogP contribution < -0.4 is 0 Å². The van der Waals surface area contributed by atoms with Crippen LogP contribution in [0.25, 0.3) is 43.8 Å². The van der Waals surface area contributed by atoms with Crippen LogP contribution in [0, 0.1) is 13.8 Å². The van der Waals surface area contributed by atoms with E-state index in [4.69, 9.17) is 0 Å². The molecule has 0 fully saturated rings. The normalized spacial score (nSPS) is 11.5. The second-order valence-electron chi connectivity index (χ2n) is 10.0. The lowest BCUT2D eigenvalue weighted by molar-refractivity contribution is 0.961. The molecule has 0 aromatic heterocycles. The third-order valence-electron chi connectivity index (χ3n) is 8.30. The molecule has 5 aromatic rings. The van der Waals surface area contributed by atoms with Gasteiger partial charge in [-0.05, 0) is 129 Å². The monoisotopic (exact) mass is 470 g/mol. The van der Waals surface area contributed by atoms with Gasteiger partial charge in [0.25, 0.3) is 0 Å². The molecule has 0 atom stereocenters. The van der Waals surface area contributed by atoms with Crippen LogP contribution >= 0.6 is 0 Å². The fourth-order valence-electron chi connectivity index (χ4n) is 6.55. The van der Waals surface area contributed by atoms with Crippen molar-refractivity contribution in [3.8, 4) is 22.3 Å². The first-order valence-corrected chi connectivity index (χ1v) is 13.7. The molecule has 0 heteroatoms. The minimum Gasteiger partial charge on any atom is -0.0622 e. The van der Waals surface area contributed by atoms with Crippen molar-refractivity contribution in [2.75, 3.05) is 0 Å². The maximum atomic E-state index is 2.54. The molecule has 5 rings (SSSR count). The summed E-state index contributed by atoms with van der Waals surface area (Å²) in [5, 5.41) is 5.68. The molecule has 0 nitrogen and oxygen atoms in total. The van der Waals surface area contributed by atoms with Gasteiger partial charge in [0.1, 0.15) is 0 Å². The van der Waals surface area contributed by atoms with E-state index >= 15 is 0 Å². The highest BCUT2D eigenvalue weighted by atomic mass is 14.3. The Bertz CT molecular complexity index is 1550. The predicted molar refractivity (Wildman–Crippen MR) is 159 cm³/mol. The number of fused-ring (bicyclic) bond motifs is 2. The van der Waals surface area contributed by atoms with Crippen molar-refractivity contribution in [1.82, 2.24) is 0 Å². The van der Waals surface area contributed by atoms with Crippen molar-refractivity contribution >= 4 is 21.5 Å². The Balaban J connectivity index is 2.05. The quantitative estimate of drug-likeness (QED) is 0.217. The van der Waals surface area contributed by atoms with Crippen LogP contribution in [0.3, 0.4) is 0 Å². The van der Waals surface area contributed by atoms with Crippen LogP contribution in [-0.2, 0) is 25.7 Å². The van der Waals surface area contributed by atoms with Gasteiger partial charge in [0.05, 0.1) is 0 Å². The maximum absolute atomic E-state index is 2.54. The lowest BCUT2D eigenvalue weighted by atomic mass is 9.80. The van der Waals surface area contributed by atoms with Gasteiger partial charge in [-0.2, -0.15) is 0 Å². The standard InChI is InChI=1S/C36H38/c1-7-27-28(8-2)30(10-4)33-22-34-31(21-32(33)29(27)9-3)23(5)24(6)35(25-17-13-11-14-18-25)36(34)26-19-15-12-16-20-26/h11-22H,7-10H2,1-6H3. The van der Waals surface area contributed by atoms with Crippen molar-refractivity contribution in [3.63, 3.8) is 0 Å². The summed E-state index contributed by atoms with van der Waals surface area (Å²) in [6, 6.07) is 27.0. The van der Waals surface area contributed by atoms with Crippen molar-refractivity contribution in [3.05, 3.63) is 106 Å². The largest absolute Gasteiger partial charge is 0.0622 e. The molecule has 5 aromatic carbocycles. The number of aryl methyl sites for hydroxylation is 3. The topological polar surface area (TPSA) is 0 Å². The Morgan fingerprint density at radius 3 is 1.28 bits per heavy atom. The Morgan fingerprint density at radius 1 is 0.417 bits per heavy atom. The second kappa shape index (κ2) is 9.94. The van der Waals surface area contributed by atoms with Gasteiger partial charge >= 0.3 is 0 Å². The van der Waals surface area contributed by atoms with Gasteiger partial charge in [0.2, 0.25) is 0 Å². The highest BCUT2D eigenvalue weighted by Gasteiger charge is 2.21. The molecule has 0 N–H and O–H groups in total. The summed E-state index contributed by atoms with van der Waals surface area (Å²) in [6.45, 7) is 13.9. The van der Waals surface area contributed by atoms with Crippen LogP contribution in [0.4, 0.5) is 0 Å². The number of hydrogen-bond acceptors (Lipinski definition) is 0. The lowest BCUT2D eigenvalue weighted by Gasteiger charge is -2.24. The smallest absolute Gasteiger partial charge is 0.00237 e. The summed E-state index contributed by atoms with van der Waals surface area (Å²) in [5.74, 6) is 0. The van der Waals surface area contributed by atoms with E-state index in [9.17, 15) is 0 Å². The summed E-state index contributed by atoms with van der Waals surface area (Å²) < 4.78 is 0. The zero-order valence-corrected chi connectivity index (χ0v) is 22.8. The Morgan fingerprint density at radius 2 is 0.833 bits per heavy atom. The van der Waals surface area contributed by atoms with Gasteiger partial charge in [-0.15, -0.1) is 0 Å². The molecule has 0 aliphatic heterocycles. The molecule has 0 heterocycles. The fraction of sp³-hybridized carbons (Fsp3) is 0.278. The zero-order valence-electron chi connectivity index (χ0n) is 22.8. The predicted octanol–water partition coefficient (Wildman–Crippen LogP) is 10.2. The third-order valence-corrected chi connectivity index (χ3v) is 8.30. The zero-order chi connectivity index (χ0) is 25.4. The third kappa shape index (κ3) is 3.75. The molecule has 0 radical (unpaired) electrons.